The minimum Gasteiger partial charge on any atom is -0.503 e. The summed E-state index contributed by atoms with van der Waals surface area (Å²) in [6.45, 7) is 0. The number of hydrogen-bond acceptors (Lipinski definition) is 7. The van der Waals surface area contributed by atoms with Gasteiger partial charge in [-0.3, -0.25) is 14.5 Å². The largest absolute Gasteiger partial charge is 0.503 e. The van der Waals surface area contributed by atoms with Gasteiger partial charge in [-0.1, -0.05) is 130 Å². The molecular weight excluding hydrogens is 618 g/mol. The minimum atomic E-state index is -0.854. The van der Waals surface area contributed by atoms with Gasteiger partial charge in [-0.2, -0.15) is 0 Å². The number of nitrogens with zero attached hydrogens (tertiary/aromatic N) is 3. The molecule has 0 radical (unpaired) electrons. The van der Waals surface area contributed by atoms with E-state index in [2.05, 4.69) is 50.4 Å². The van der Waals surface area contributed by atoms with Crippen molar-refractivity contribution in [2.75, 3.05) is 4.90 Å². The lowest BCUT2D eigenvalue weighted by Crippen LogP contribution is -2.30. The molecule has 0 saturated carbocycles. The first-order valence-electron chi connectivity index (χ1n) is 12.7. The Hall–Kier alpha value is -4.05. The van der Waals surface area contributed by atoms with E-state index in [1.807, 2.05) is 72.8 Å². The number of carbonyl (C=O) groups excluding carboxylic acids is 2. The third-order valence-corrected chi connectivity index (χ3v) is 9.35. The highest BCUT2D eigenvalue weighted by Gasteiger charge is 2.45. The average Bonchev–Trinajstić information content (AvgIpc) is 3.57. The third-order valence-electron chi connectivity index (χ3n) is 6.72. The van der Waals surface area contributed by atoms with Gasteiger partial charge in [0.2, 0.25) is 5.13 Å². The van der Waals surface area contributed by atoms with Gasteiger partial charge in [-0.25, -0.2) is 0 Å². The molecule has 6 nitrogen and oxygen atoms in total. The Bertz CT molecular complexity index is 1810. The molecule has 41 heavy (non-hydrogen) atoms. The number of carbonyl (C=O) groups is 2. The first kappa shape index (κ1) is 27.1. The molecule has 0 saturated heterocycles. The van der Waals surface area contributed by atoms with Crippen LogP contribution in [0, 0.1) is 0 Å². The maximum Gasteiger partial charge on any atom is 0.296 e. The maximum absolute atomic E-state index is 13.4. The summed E-state index contributed by atoms with van der Waals surface area (Å²) in [6.07, 6.45) is 3.05. The lowest BCUT2D eigenvalue weighted by molar-refractivity contribution is -0.117. The Labute approximate surface area is 253 Å². The number of aromatic nitrogens is 2. The highest BCUT2D eigenvalue weighted by molar-refractivity contribution is 9.10. The van der Waals surface area contributed by atoms with Crippen molar-refractivity contribution in [3.8, 4) is 0 Å². The molecule has 1 aromatic heterocycles. The van der Waals surface area contributed by atoms with Crippen molar-refractivity contribution in [3.05, 3.63) is 136 Å². The molecule has 1 amide bonds. The van der Waals surface area contributed by atoms with E-state index in [9.17, 15) is 14.7 Å². The SMILES string of the molecule is O=C(/C=C/c1ccccc1)C1=C(O)C(=O)N(c2nnc(SCc3cccc4ccccc34)s2)C1c1ccc(Br)cc1. The van der Waals surface area contributed by atoms with E-state index in [0.717, 1.165) is 10.0 Å². The second-order valence-electron chi connectivity index (χ2n) is 9.28. The van der Waals surface area contributed by atoms with Crippen LogP contribution in [0.3, 0.4) is 0 Å². The number of halogens is 1. The summed E-state index contributed by atoms with van der Waals surface area (Å²) in [5.74, 6) is -1.04. The summed E-state index contributed by atoms with van der Waals surface area (Å²) in [4.78, 5) is 28.3. The predicted molar refractivity (Wildman–Crippen MR) is 168 cm³/mol. The molecule has 5 aromatic rings. The van der Waals surface area contributed by atoms with Crippen molar-refractivity contribution in [2.45, 2.75) is 16.1 Å². The standard InChI is InChI=1S/C32H22BrN3O3S2/c33-24-16-14-22(15-17-24)28-27(26(37)18-13-20-7-2-1-3-8-20)29(38)30(39)36(28)31-34-35-32(41-31)40-19-23-11-6-10-21-9-4-5-12-25(21)23/h1-18,28,38H,19H2/b18-13+. The summed E-state index contributed by atoms with van der Waals surface area (Å²) in [7, 11) is 0. The number of anilines is 1. The van der Waals surface area contributed by atoms with Crippen LogP contribution in [0.5, 0.6) is 0 Å². The number of benzene rings is 4. The van der Waals surface area contributed by atoms with Gasteiger partial charge < -0.3 is 5.11 Å². The van der Waals surface area contributed by atoms with Crippen LogP contribution < -0.4 is 4.90 Å². The molecule has 0 aliphatic carbocycles. The summed E-state index contributed by atoms with van der Waals surface area (Å²) in [5.41, 5.74) is 2.68. The number of aliphatic hydroxyl groups is 1. The Balaban J connectivity index is 1.30. The lowest BCUT2D eigenvalue weighted by atomic mass is 9.96. The van der Waals surface area contributed by atoms with E-state index in [4.69, 9.17) is 0 Å². The first-order valence-corrected chi connectivity index (χ1v) is 15.3. The molecule has 0 bridgehead atoms. The predicted octanol–water partition coefficient (Wildman–Crippen LogP) is 7.93. The fraction of sp³-hybridized carbons (Fsp3) is 0.0625. The lowest BCUT2D eigenvalue weighted by Gasteiger charge is -2.23. The van der Waals surface area contributed by atoms with Gasteiger partial charge in [0.1, 0.15) is 0 Å². The maximum atomic E-state index is 13.4. The topological polar surface area (TPSA) is 83.4 Å². The molecule has 202 valence electrons. The third kappa shape index (κ3) is 5.61. The number of allylic oxidation sites excluding steroid dienone is 1. The highest BCUT2D eigenvalue weighted by atomic mass is 79.9. The van der Waals surface area contributed by atoms with Crippen LogP contribution in [-0.2, 0) is 15.3 Å². The fourth-order valence-corrected chi connectivity index (χ4v) is 6.89. The number of ketones is 1. The van der Waals surface area contributed by atoms with E-state index in [0.29, 0.717) is 20.8 Å². The zero-order valence-corrected chi connectivity index (χ0v) is 24.7. The molecule has 1 aliphatic rings. The van der Waals surface area contributed by atoms with Gasteiger partial charge in [0.15, 0.2) is 15.9 Å². The Kier molecular flexibility index (Phi) is 7.82. The van der Waals surface area contributed by atoms with Crippen molar-refractivity contribution < 1.29 is 14.7 Å². The van der Waals surface area contributed by atoms with Crippen molar-refractivity contribution in [1.29, 1.82) is 0 Å². The molecule has 1 atom stereocenters. The molecular formula is C32H22BrN3O3S2. The van der Waals surface area contributed by atoms with Crippen LogP contribution in [0.25, 0.3) is 16.8 Å². The molecule has 2 heterocycles. The van der Waals surface area contributed by atoms with Crippen molar-refractivity contribution in [2.24, 2.45) is 0 Å². The van der Waals surface area contributed by atoms with Crippen LogP contribution in [0.2, 0.25) is 0 Å². The monoisotopic (exact) mass is 639 g/mol. The second kappa shape index (κ2) is 11.8. The molecule has 6 rings (SSSR count). The van der Waals surface area contributed by atoms with Crippen LogP contribution >= 0.6 is 39.0 Å². The Morgan fingerprint density at radius 1 is 0.951 bits per heavy atom. The van der Waals surface area contributed by atoms with E-state index in [-0.39, 0.29) is 5.57 Å². The van der Waals surface area contributed by atoms with Crippen LogP contribution in [0.4, 0.5) is 5.13 Å². The number of thioether (sulfide) groups is 1. The van der Waals surface area contributed by atoms with E-state index in [1.165, 1.54) is 50.4 Å². The molecule has 1 aliphatic heterocycles. The van der Waals surface area contributed by atoms with E-state index in [1.54, 1.807) is 6.08 Å². The number of rotatable bonds is 8. The fourth-order valence-electron chi connectivity index (χ4n) is 4.76. The van der Waals surface area contributed by atoms with Crippen molar-refractivity contribution >= 4 is 72.7 Å². The smallest absolute Gasteiger partial charge is 0.296 e. The van der Waals surface area contributed by atoms with Gasteiger partial charge >= 0.3 is 0 Å². The zero-order chi connectivity index (χ0) is 28.3. The molecule has 9 heteroatoms. The van der Waals surface area contributed by atoms with Gasteiger partial charge in [-0.05, 0) is 45.7 Å². The minimum absolute atomic E-state index is 0.00432. The molecule has 4 aromatic carbocycles. The Morgan fingerprint density at radius 3 is 2.49 bits per heavy atom. The van der Waals surface area contributed by atoms with E-state index < -0.39 is 23.5 Å². The quantitative estimate of drug-likeness (QED) is 0.105. The molecule has 0 spiro atoms. The van der Waals surface area contributed by atoms with E-state index >= 15 is 0 Å². The van der Waals surface area contributed by atoms with Crippen LogP contribution in [-0.4, -0.2) is 27.0 Å². The number of hydrogen-bond donors (Lipinski definition) is 1. The summed E-state index contributed by atoms with van der Waals surface area (Å²) in [6, 6.07) is 30.3. The van der Waals surface area contributed by atoms with Crippen LogP contribution in [0.1, 0.15) is 22.7 Å². The number of aliphatic hydroxyl groups excluding tert-OH is 1. The van der Waals surface area contributed by atoms with Crippen molar-refractivity contribution in [3.63, 3.8) is 0 Å². The van der Waals surface area contributed by atoms with Gasteiger partial charge in [0.25, 0.3) is 5.91 Å². The molecule has 0 fully saturated rings. The number of amides is 1. The van der Waals surface area contributed by atoms with Gasteiger partial charge in [0, 0.05) is 10.2 Å². The summed E-state index contributed by atoms with van der Waals surface area (Å²) in [5, 5.41) is 22.3. The second-order valence-corrected chi connectivity index (χ2v) is 12.4. The zero-order valence-electron chi connectivity index (χ0n) is 21.5. The van der Waals surface area contributed by atoms with Crippen molar-refractivity contribution in [1.82, 2.24) is 10.2 Å². The highest BCUT2D eigenvalue weighted by Crippen LogP contribution is 2.43. The first-order chi connectivity index (χ1) is 20.0. The van der Waals surface area contributed by atoms with Crippen LogP contribution in [0.15, 0.2) is 123 Å². The summed E-state index contributed by atoms with van der Waals surface area (Å²) >= 11 is 6.23. The Morgan fingerprint density at radius 2 is 1.68 bits per heavy atom. The van der Waals surface area contributed by atoms with Gasteiger partial charge in [-0.15, -0.1) is 10.2 Å². The molecule has 1 unspecified atom stereocenters. The van der Waals surface area contributed by atoms with Gasteiger partial charge in [0.05, 0.1) is 11.6 Å². The molecule has 1 N–H and O–H groups in total. The summed E-state index contributed by atoms with van der Waals surface area (Å²) < 4.78 is 1.53. The normalized spacial score (nSPS) is 15.4. The number of fused-ring (bicyclic) bond motifs is 1. The average molecular weight is 641 g/mol.